The van der Waals surface area contributed by atoms with Crippen LogP contribution in [0.4, 0.5) is 0 Å². The summed E-state index contributed by atoms with van der Waals surface area (Å²) in [5, 5.41) is 10.5. The van der Waals surface area contributed by atoms with Crippen molar-refractivity contribution in [1.29, 1.82) is 0 Å². The molecule has 1 aromatic carbocycles. The summed E-state index contributed by atoms with van der Waals surface area (Å²) >= 11 is 0. The van der Waals surface area contributed by atoms with Crippen LogP contribution >= 0.6 is 0 Å². The zero-order valence-electron chi connectivity index (χ0n) is 16.9. The molecule has 0 radical (unpaired) electrons. The summed E-state index contributed by atoms with van der Waals surface area (Å²) in [4.78, 5) is 12.1. The first-order valence-electron chi connectivity index (χ1n) is 8.99. The van der Waals surface area contributed by atoms with Gasteiger partial charge in [0.25, 0.3) is 0 Å². The minimum Gasteiger partial charge on any atom is -0.493 e. The summed E-state index contributed by atoms with van der Waals surface area (Å²) in [5.41, 5.74) is 0.816. The second-order valence-electron chi connectivity index (χ2n) is 6.24. The van der Waals surface area contributed by atoms with E-state index in [0.717, 1.165) is 5.56 Å². The quantitative estimate of drug-likeness (QED) is 0.580. The van der Waals surface area contributed by atoms with E-state index in [1.807, 2.05) is 13.8 Å². The molecule has 0 spiro atoms. The number of benzene rings is 1. The number of rotatable bonds is 11. The highest BCUT2D eigenvalue weighted by atomic mass is 16.5. The summed E-state index contributed by atoms with van der Waals surface area (Å²) < 4.78 is 26.9. The van der Waals surface area contributed by atoms with Gasteiger partial charge in [-0.15, -0.1) is 10.2 Å². The van der Waals surface area contributed by atoms with Crippen LogP contribution in [0.3, 0.4) is 0 Å². The van der Waals surface area contributed by atoms with Crippen LogP contribution in [-0.4, -0.2) is 56.7 Å². The third-order valence-corrected chi connectivity index (χ3v) is 3.80. The zero-order valence-corrected chi connectivity index (χ0v) is 16.9. The van der Waals surface area contributed by atoms with Crippen molar-refractivity contribution < 1.29 is 28.2 Å². The van der Waals surface area contributed by atoms with Crippen molar-refractivity contribution >= 4 is 5.91 Å². The van der Waals surface area contributed by atoms with E-state index < -0.39 is 5.91 Å². The molecule has 0 saturated heterocycles. The summed E-state index contributed by atoms with van der Waals surface area (Å²) in [5.74, 6) is 1.37. The second-order valence-corrected chi connectivity index (χ2v) is 6.24. The van der Waals surface area contributed by atoms with Crippen LogP contribution in [0.2, 0.25) is 0 Å². The number of hydrogen-bond acceptors (Lipinski definition) is 8. The minimum atomic E-state index is -0.409. The molecule has 9 nitrogen and oxygen atoms in total. The van der Waals surface area contributed by atoms with Crippen molar-refractivity contribution in [2.75, 3.05) is 34.5 Å². The van der Waals surface area contributed by atoms with Gasteiger partial charge < -0.3 is 28.7 Å². The summed E-state index contributed by atoms with van der Waals surface area (Å²) in [6.07, 6.45) is 1.19. The maximum absolute atomic E-state index is 12.1. The molecule has 0 aliphatic heterocycles. The number of nitrogens with one attached hydrogen (secondary N) is 1. The average molecular weight is 393 g/mol. The van der Waals surface area contributed by atoms with Gasteiger partial charge in [0.1, 0.15) is 0 Å². The van der Waals surface area contributed by atoms with Crippen molar-refractivity contribution in [3.8, 4) is 17.2 Å². The predicted molar refractivity (Wildman–Crippen MR) is 101 cm³/mol. The fourth-order valence-corrected chi connectivity index (χ4v) is 2.50. The number of hydrogen-bond donors (Lipinski definition) is 1. The molecular formula is C19H27N3O6. The Morgan fingerprint density at radius 2 is 1.79 bits per heavy atom. The van der Waals surface area contributed by atoms with Crippen LogP contribution in [0.25, 0.3) is 0 Å². The SMILES string of the molecule is COc1cc(Cc2nnc(C(=O)NCCCOC(C)C)o2)cc(OC)c1OC. The molecule has 0 bridgehead atoms. The van der Waals surface area contributed by atoms with E-state index in [2.05, 4.69) is 15.5 Å². The lowest BCUT2D eigenvalue weighted by Crippen LogP contribution is -2.25. The number of carbonyl (C=O) groups excluding carboxylic acids is 1. The monoisotopic (exact) mass is 393 g/mol. The molecule has 1 amide bonds. The Balaban J connectivity index is 1.98. The average Bonchev–Trinajstić information content (AvgIpc) is 3.15. The Morgan fingerprint density at radius 1 is 1.11 bits per heavy atom. The van der Waals surface area contributed by atoms with Gasteiger partial charge in [-0.1, -0.05) is 0 Å². The molecule has 1 N–H and O–H groups in total. The molecule has 28 heavy (non-hydrogen) atoms. The van der Waals surface area contributed by atoms with Crippen LogP contribution in [0.15, 0.2) is 16.5 Å². The Kier molecular flexibility index (Phi) is 8.06. The summed E-state index contributed by atoms with van der Waals surface area (Å²) in [7, 11) is 4.63. The van der Waals surface area contributed by atoms with Crippen molar-refractivity contribution in [3.05, 3.63) is 29.5 Å². The van der Waals surface area contributed by atoms with Crippen molar-refractivity contribution in [2.45, 2.75) is 32.8 Å². The first-order valence-corrected chi connectivity index (χ1v) is 8.99. The van der Waals surface area contributed by atoms with E-state index in [4.69, 9.17) is 23.4 Å². The topological polar surface area (TPSA) is 105 Å². The third-order valence-electron chi connectivity index (χ3n) is 3.80. The largest absolute Gasteiger partial charge is 0.493 e. The Labute approximate surface area is 164 Å². The highest BCUT2D eigenvalue weighted by molar-refractivity contribution is 5.89. The minimum absolute atomic E-state index is 0.0766. The van der Waals surface area contributed by atoms with Crippen molar-refractivity contribution in [1.82, 2.24) is 15.5 Å². The van der Waals surface area contributed by atoms with Gasteiger partial charge in [-0.2, -0.15) is 0 Å². The Morgan fingerprint density at radius 3 is 2.36 bits per heavy atom. The van der Waals surface area contributed by atoms with Gasteiger partial charge in [-0.25, -0.2) is 0 Å². The van der Waals surface area contributed by atoms with Gasteiger partial charge in [0.15, 0.2) is 11.5 Å². The number of ether oxygens (including phenoxy) is 4. The van der Waals surface area contributed by atoms with E-state index in [0.29, 0.717) is 49.1 Å². The third kappa shape index (κ3) is 5.85. The normalized spacial score (nSPS) is 10.8. The Bertz CT molecular complexity index is 750. The summed E-state index contributed by atoms with van der Waals surface area (Å²) in [6, 6.07) is 3.58. The molecular weight excluding hydrogens is 366 g/mol. The van der Waals surface area contributed by atoms with Crippen LogP contribution < -0.4 is 19.5 Å². The maximum Gasteiger partial charge on any atom is 0.308 e. The second kappa shape index (κ2) is 10.5. The van der Waals surface area contributed by atoms with E-state index in [1.165, 1.54) is 7.11 Å². The molecule has 2 aromatic rings. The van der Waals surface area contributed by atoms with E-state index in [-0.39, 0.29) is 12.0 Å². The number of amides is 1. The first kappa shape index (κ1) is 21.5. The number of carbonyl (C=O) groups is 1. The maximum atomic E-state index is 12.1. The molecule has 154 valence electrons. The van der Waals surface area contributed by atoms with Crippen LogP contribution in [0.5, 0.6) is 17.2 Å². The van der Waals surface area contributed by atoms with Crippen molar-refractivity contribution in [2.24, 2.45) is 0 Å². The summed E-state index contributed by atoms with van der Waals surface area (Å²) in [6.45, 7) is 4.98. The van der Waals surface area contributed by atoms with Crippen LogP contribution in [0.1, 0.15) is 42.4 Å². The first-order chi connectivity index (χ1) is 13.5. The van der Waals surface area contributed by atoms with Gasteiger partial charge in [-0.3, -0.25) is 4.79 Å². The number of aromatic nitrogens is 2. The molecule has 9 heteroatoms. The lowest BCUT2D eigenvalue weighted by molar-refractivity contribution is 0.0752. The van der Waals surface area contributed by atoms with Gasteiger partial charge in [0, 0.05) is 13.2 Å². The molecule has 2 rings (SSSR count). The molecule has 0 saturated carbocycles. The highest BCUT2D eigenvalue weighted by Gasteiger charge is 2.17. The lowest BCUT2D eigenvalue weighted by atomic mass is 10.1. The van der Waals surface area contributed by atoms with Gasteiger partial charge in [0.05, 0.1) is 33.9 Å². The lowest BCUT2D eigenvalue weighted by Gasteiger charge is -2.13. The number of methoxy groups -OCH3 is 3. The fraction of sp³-hybridized carbons (Fsp3) is 0.526. The molecule has 0 atom stereocenters. The molecule has 0 aliphatic carbocycles. The molecule has 0 fully saturated rings. The molecule has 0 unspecified atom stereocenters. The number of nitrogens with zero attached hydrogens (tertiary/aromatic N) is 2. The fourth-order valence-electron chi connectivity index (χ4n) is 2.50. The highest BCUT2D eigenvalue weighted by Crippen LogP contribution is 2.38. The standard InChI is InChI=1S/C19H27N3O6/c1-12(2)27-8-6-7-20-18(23)19-22-21-16(28-19)11-13-9-14(24-3)17(26-5)15(10-13)25-4/h9-10,12H,6-8,11H2,1-5H3,(H,20,23). The van der Waals surface area contributed by atoms with E-state index in [9.17, 15) is 4.79 Å². The Hall–Kier alpha value is -2.81. The van der Waals surface area contributed by atoms with Crippen LogP contribution in [0, 0.1) is 0 Å². The molecule has 1 aromatic heterocycles. The smallest absolute Gasteiger partial charge is 0.308 e. The predicted octanol–water partition coefficient (Wildman–Crippen LogP) is 2.23. The van der Waals surface area contributed by atoms with Crippen LogP contribution in [-0.2, 0) is 11.2 Å². The van der Waals surface area contributed by atoms with E-state index >= 15 is 0 Å². The molecule has 1 heterocycles. The van der Waals surface area contributed by atoms with Gasteiger partial charge >= 0.3 is 11.8 Å². The van der Waals surface area contributed by atoms with E-state index in [1.54, 1.807) is 26.4 Å². The zero-order chi connectivity index (χ0) is 20.5. The molecule has 0 aliphatic rings. The van der Waals surface area contributed by atoms with Gasteiger partial charge in [0.2, 0.25) is 11.6 Å². The van der Waals surface area contributed by atoms with Gasteiger partial charge in [-0.05, 0) is 38.0 Å². The van der Waals surface area contributed by atoms with Crippen molar-refractivity contribution in [3.63, 3.8) is 0 Å².